The van der Waals surface area contributed by atoms with Gasteiger partial charge >= 0.3 is 0 Å². The third-order valence-electron chi connectivity index (χ3n) is 3.93. The van der Waals surface area contributed by atoms with Gasteiger partial charge in [-0.2, -0.15) is 0 Å². The maximum absolute atomic E-state index is 12.9. The predicted octanol–water partition coefficient (Wildman–Crippen LogP) is 3.87. The van der Waals surface area contributed by atoms with E-state index in [1.54, 1.807) is 0 Å². The smallest absolute Gasteiger partial charge is 0.254 e. The summed E-state index contributed by atoms with van der Waals surface area (Å²) in [5, 5.41) is 0. The van der Waals surface area contributed by atoms with Gasteiger partial charge in [0.1, 0.15) is 0 Å². The van der Waals surface area contributed by atoms with Crippen molar-refractivity contribution in [3.63, 3.8) is 0 Å². The number of amides is 1. The normalized spacial score (nSPS) is 10.5. The van der Waals surface area contributed by atoms with Crippen molar-refractivity contribution in [2.24, 2.45) is 7.05 Å². The van der Waals surface area contributed by atoms with Gasteiger partial charge in [-0.15, -0.1) is 0 Å². The Balaban J connectivity index is 1.86. The van der Waals surface area contributed by atoms with Crippen LogP contribution in [0, 0.1) is 0 Å². The van der Waals surface area contributed by atoms with Crippen molar-refractivity contribution in [1.29, 1.82) is 0 Å². The molecule has 3 heteroatoms. The molecule has 1 heterocycles. The molecule has 3 aromatic rings. The fraction of sp³-hybridized carbons (Fsp3) is 0.150. The van der Waals surface area contributed by atoms with E-state index >= 15 is 0 Å². The standard InChI is InChI=1S/C20H20N2O/c1-21-14-8-13-19(21)16-22(15-17-9-4-2-5-10-17)20(23)18-11-6-3-7-12-18/h2-14H,15-16H2,1H3. The van der Waals surface area contributed by atoms with Gasteiger partial charge < -0.3 is 9.47 Å². The average Bonchev–Trinajstić information content (AvgIpc) is 3.00. The van der Waals surface area contributed by atoms with Gasteiger partial charge in [0, 0.05) is 31.0 Å². The summed E-state index contributed by atoms with van der Waals surface area (Å²) in [6.45, 7) is 1.19. The highest BCUT2D eigenvalue weighted by atomic mass is 16.2. The number of nitrogens with zero attached hydrogens (tertiary/aromatic N) is 2. The number of hydrogen-bond donors (Lipinski definition) is 0. The van der Waals surface area contributed by atoms with E-state index < -0.39 is 0 Å². The number of aryl methyl sites for hydroxylation is 1. The fourth-order valence-corrected chi connectivity index (χ4v) is 2.62. The Hall–Kier alpha value is -2.81. The maximum atomic E-state index is 12.9. The van der Waals surface area contributed by atoms with Gasteiger partial charge in [0.25, 0.3) is 5.91 Å². The molecule has 0 bridgehead atoms. The van der Waals surface area contributed by atoms with Gasteiger partial charge in [-0.3, -0.25) is 4.79 Å². The quantitative estimate of drug-likeness (QED) is 0.702. The highest BCUT2D eigenvalue weighted by molar-refractivity contribution is 5.94. The highest BCUT2D eigenvalue weighted by Gasteiger charge is 2.17. The lowest BCUT2D eigenvalue weighted by molar-refractivity contribution is 0.0726. The van der Waals surface area contributed by atoms with Crippen molar-refractivity contribution in [1.82, 2.24) is 9.47 Å². The minimum atomic E-state index is 0.0515. The number of carbonyl (C=O) groups excluding carboxylic acids is 1. The van der Waals surface area contributed by atoms with Crippen molar-refractivity contribution < 1.29 is 4.79 Å². The summed E-state index contributed by atoms with van der Waals surface area (Å²) in [7, 11) is 2.00. The summed E-state index contributed by atoms with van der Waals surface area (Å²) in [6, 6.07) is 23.6. The number of benzene rings is 2. The van der Waals surface area contributed by atoms with Crippen molar-refractivity contribution >= 4 is 5.91 Å². The lowest BCUT2D eigenvalue weighted by Crippen LogP contribution is -2.30. The van der Waals surface area contributed by atoms with Crippen molar-refractivity contribution in [3.05, 3.63) is 95.8 Å². The summed E-state index contributed by atoms with van der Waals surface area (Å²) in [5.41, 5.74) is 2.97. The molecule has 0 fully saturated rings. The summed E-state index contributed by atoms with van der Waals surface area (Å²) < 4.78 is 2.05. The zero-order valence-corrected chi connectivity index (χ0v) is 13.2. The first-order valence-corrected chi connectivity index (χ1v) is 7.72. The van der Waals surface area contributed by atoms with Crippen molar-refractivity contribution in [2.75, 3.05) is 0 Å². The van der Waals surface area contributed by atoms with Gasteiger partial charge in [-0.05, 0) is 29.8 Å². The molecule has 0 aliphatic rings. The Morgan fingerprint density at radius 3 is 2.13 bits per heavy atom. The van der Waals surface area contributed by atoms with E-state index in [0.717, 1.165) is 16.8 Å². The van der Waals surface area contributed by atoms with Crippen molar-refractivity contribution in [2.45, 2.75) is 13.1 Å². The molecule has 116 valence electrons. The molecular formula is C20H20N2O. The third-order valence-corrected chi connectivity index (χ3v) is 3.93. The van der Waals surface area contributed by atoms with Crippen LogP contribution in [0.5, 0.6) is 0 Å². The van der Waals surface area contributed by atoms with E-state index in [1.165, 1.54) is 0 Å². The van der Waals surface area contributed by atoms with Gasteiger partial charge in [0.05, 0.1) is 6.54 Å². The van der Waals surface area contributed by atoms with Crippen LogP contribution in [0.2, 0.25) is 0 Å². The van der Waals surface area contributed by atoms with E-state index in [4.69, 9.17) is 0 Å². The monoisotopic (exact) mass is 304 g/mol. The number of aromatic nitrogens is 1. The molecule has 0 atom stereocenters. The zero-order chi connectivity index (χ0) is 16.1. The first kappa shape index (κ1) is 15.1. The van der Waals surface area contributed by atoms with Gasteiger partial charge in [0.2, 0.25) is 0 Å². The number of hydrogen-bond acceptors (Lipinski definition) is 1. The minimum Gasteiger partial charge on any atom is -0.353 e. The molecule has 2 aromatic carbocycles. The second-order valence-corrected chi connectivity index (χ2v) is 5.62. The molecule has 23 heavy (non-hydrogen) atoms. The SMILES string of the molecule is Cn1cccc1CN(Cc1ccccc1)C(=O)c1ccccc1. The fourth-order valence-electron chi connectivity index (χ4n) is 2.62. The molecule has 0 N–H and O–H groups in total. The van der Waals surface area contributed by atoms with Crippen LogP contribution in [0.15, 0.2) is 79.0 Å². The molecule has 3 rings (SSSR count). The van der Waals surface area contributed by atoms with Gasteiger partial charge in [-0.25, -0.2) is 0 Å². The Morgan fingerprint density at radius 1 is 0.870 bits per heavy atom. The van der Waals surface area contributed by atoms with E-state index in [2.05, 4.69) is 22.8 Å². The van der Waals surface area contributed by atoms with Gasteiger partial charge in [-0.1, -0.05) is 48.5 Å². The summed E-state index contributed by atoms with van der Waals surface area (Å²) in [4.78, 5) is 14.8. The van der Waals surface area contributed by atoms with Crippen LogP contribution >= 0.6 is 0 Å². The van der Waals surface area contributed by atoms with Crippen LogP contribution in [0.4, 0.5) is 0 Å². The molecule has 0 saturated carbocycles. The van der Waals surface area contributed by atoms with Crippen LogP contribution in [0.3, 0.4) is 0 Å². The topological polar surface area (TPSA) is 25.2 Å². The second-order valence-electron chi connectivity index (χ2n) is 5.62. The Bertz CT molecular complexity index is 763. The van der Waals surface area contributed by atoms with E-state index in [-0.39, 0.29) is 5.91 Å². The predicted molar refractivity (Wildman–Crippen MR) is 91.9 cm³/mol. The molecule has 0 radical (unpaired) electrons. The third kappa shape index (κ3) is 3.69. The highest BCUT2D eigenvalue weighted by Crippen LogP contribution is 2.14. The molecule has 0 unspecified atom stereocenters. The average molecular weight is 304 g/mol. The Morgan fingerprint density at radius 2 is 1.52 bits per heavy atom. The van der Waals surface area contributed by atoms with Crippen molar-refractivity contribution in [3.8, 4) is 0 Å². The van der Waals surface area contributed by atoms with Crippen LogP contribution in [-0.4, -0.2) is 15.4 Å². The van der Waals surface area contributed by atoms with Crippen LogP contribution in [0.1, 0.15) is 21.6 Å². The first-order chi connectivity index (χ1) is 11.2. The molecule has 0 saturated heterocycles. The van der Waals surface area contributed by atoms with Crippen LogP contribution < -0.4 is 0 Å². The molecule has 1 amide bonds. The number of carbonyl (C=O) groups is 1. The molecule has 0 spiro atoms. The lowest BCUT2D eigenvalue weighted by Gasteiger charge is -2.23. The van der Waals surface area contributed by atoms with E-state index in [1.807, 2.05) is 72.7 Å². The summed E-state index contributed by atoms with van der Waals surface area (Å²) in [5.74, 6) is 0.0515. The van der Waals surface area contributed by atoms with Gasteiger partial charge in [0.15, 0.2) is 0 Å². The second kappa shape index (κ2) is 6.97. The summed E-state index contributed by atoms with van der Waals surface area (Å²) in [6.07, 6.45) is 2.00. The van der Waals surface area contributed by atoms with E-state index in [0.29, 0.717) is 13.1 Å². The molecular weight excluding hydrogens is 284 g/mol. The number of rotatable bonds is 5. The first-order valence-electron chi connectivity index (χ1n) is 7.72. The van der Waals surface area contributed by atoms with Crippen LogP contribution in [0.25, 0.3) is 0 Å². The maximum Gasteiger partial charge on any atom is 0.254 e. The molecule has 0 aliphatic carbocycles. The molecule has 0 aliphatic heterocycles. The zero-order valence-electron chi connectivity index (χ0n) is 13.2. The Labute approximate surface area is 136 Å². The molecule has 1 aromatic heterocycles. The largest absolute Gasteiger partial charge is 0.353 e. The van der Waals surface area contributed by atoms with E-state index in [9.17, 15) is 4.79 Å². The Kier molecular flexibility index (Phi) is 4.57. The lowest BCUT2D eigenvalue weighted by atomic mass is 10.1. The molecule has 3 nitrogen and oxygen atoms in total. The summed E-state index contributed by atoms with van der Waals surface area (Å²) >= 11 is 0. The van der Waals surface area contributed by atoms with Crippen LogP contribution in [-0.2, 0) is 20.1 Å². The minimum absolute atomic E-state index is 0.0515.